The second kappa shape index (κ2) is 7.25. The van der Waals surface area contributed by atoms with Crippen LogP contribution in [0.3, 0.4) is 0 Å². The van der Waals surface area contributed by atoms with Gasteiger partial charge in [-0.2, -0.15) is 0 Å². The van der Waals surface area contributed by atoms with Crippen molar-refractivity contribution in [3.8, 4) is 0 Å². The molecule has 0 saturated carbocycles. The van der Waals surface area contributed by atoms with E-state index in [9.17, 15) is 9.90 Å². The summed E-state index contributed by atoms with van der Waals surface area (Å²) in [5.41, 5.74) is 1.88. The summed E-state index contributed by atoms with van der Waals surface area (Å²) in [6, 6.07) is 16.1. The van der Waals surface area contributed by atoms with Gasteiger partial charge in [0.25, 0.3) is 0 Å². The fourth-order valence-corrected chi connectivity index (χ4v) is 2.40. The number of carboxylic acids is 1. The SMILES string of the molecule is CC(Cc1ccc(Cl)cc1)NC(C(=O)O)c1ccccc1. The van der Waals surface area contributed by atoms with Gasteiger partial charge in [0, 0.05) is 11.1 Å². The molecule has 0 aliphatic rings. The molecule has 21 heavy (non-hydrogen) atoms. The number of carbonyl (C=O) groups is 1. The molecule has 110 valence electrons. The Bertz CT molecular complexity index is 583. The third kappa shape index (κ3) is 4.59. The lowest BCUT2D eigenvalue weighted by Gasteiger charge is -2.20. The van der Waals surface area contributed by atoms with Gasteiger partial charge in [0.2, 0.25) is 0 Å². The van der Waals surface area contributed by atoms with Crippen LogP contribution < -0.4 is 5.32 Å². The number of halogens is 1. The average Bonchev–Trinajstić information content (AvgIpc) is 2.48. The number of hydrogen-bond acceptors (Lipinski definition) is 2. The molecule has 0 aliphatic heterocycles. The molecule has 3 nitrogen and oxygen atoms in total. The fraction of sp³-hybridized carbons (Fsp3) is 0.235. The monoisotopic (exact) mass is 303 g/mol. The van der Waals surface area contributed by atoms with Crippen LogP contribution in [0.5, 0.6) is 0 Å². The summed E-state index contributed by atoms with van der Waals surface area (Å²) in [6.07, 6.45) is 0.744. The standard InChI is InChI=1S/C17H18ClNO2/c1-12(11-13-7-9-15(18)10-8-13)19-16(17(20)21)14-5-3-2-4-6-14/h2-10,12,16,19H,11H2,1H3,(H,20,21). The van der Waals surface area contributed by atoms with E-state index in [1.54, 1.807) is 0 Å². The number of carboxylic acid groups (broad SMARTS) is 1. The summed E-state index contributed by atoms with van der Waals surface area (Å²) in [5, 5.41) is 13.3. The van der Waals surface area contributed by atoms with Crippen molar-refractivity contribution in [3.05, 3.63) is 70.7 Å². The zero-order valence-electron chi connectivity index (χ0n) is 11.8. The van der Waals surface area contributed by atoms with Gasteiger partial charge in [0.15, 0.2) is 0 Å². The molecule has 0 bridgehead atoms. The Kier molecular flexibility index (Phi) is 5.37. The molecule has 0 saturated heterocycles. The highest BCUT2D eigenvalue weighted by atomic mass is 35.5. The molecule has 2 rings (SSSR count). The Morgan fingerprint density at radius 1 is 1.14 bits per heavy atom. The molecule has 2 aromatic rings. The smallest absolute Gasteiger partial charge is 0.325 e. The van der Waals surface area contributed by atoms with Gasteiger partial charge in [-0.3, -0.25) is 10.1 Å². The minimum absolute atomic E-state index is 0.0347. The van der Waals surface area contributed by atoms with Crippen molar-refractivity contribution in [2.24, 2.45) is 0 Å². The van der Waals surface area contributed by atoms with Crippen LogP contribution in [0.2, 0.25) is 5.02 Å². The summed E-state index contributed by atoms with van der Waals surface area (Å²) < 4.78 is 0. The number of nitrogens with one attached hydrogen (secondary N) is 1. The Morgan fingerprint density at radius 2 is 1.76 bits per heavy atom. The molecule has 0 aliphatic carbocycles. The van der Waals surface area contributed by atoms with Gasteiger partial charge >= 0.3 is 5.97 Å². The highest BCUT2D eigenvalue weighted by molar-refractivity contribution is 6.30. The summed E-state index contributed by atoms with van der Waals surface area (Å²) in [7, 11) is 0. The quantitative estimate of drug-likeness (QED) is 0.855. The molecule has 2 atom stereocenters. The maximum atomic E-state index is 11.5. The van der Waals surface area contributed by atoms with Crippen LogP contribution in [0.1, 0.15) is 24.1 Å². The van der Waals surface area contributed by atoms with E-state index in [0.29, 0.717) is 5.02 Å². The Hall–Kier alpha value is -1.84. The predicted molar refractivity (Wildman–Crippen MR) is 84.6 cm³/mol. The normalized spacial score (nSPS) is 13.6. The lowest BCUT2D eigenvalue weighted by Crippen LogP contribution is -2.36. The average molecular weight is 304 g/mol. The maximum Gasteiger partial charge on any atom is 0.325 e. The van der Waals surface area contributed by atoms with E-state index in [1.807, 2.05) is 61.5 Å². The summed E-state index contributed by atoms with van der Waals surface area (Å²) >= 11 is 5.86. The van der Waals surface area contributed by atoms with Crippen molar-refractivity contribution in [3.63, 3.8) is 0 Å². The van der Waals surface area contributed by atoms with Crippen LogP contribution in [0.25, 0.3) is 0 Å². The molecule has 2 unspecified atom stereocenters. The summed E-state index contributed by atoms with van der Waals surface area (Å²) in [5.74, 6) is -0.871. The van der Waals surface area contributed by atoms with Gasteiger partial charge in [-0.25, -0.2) is 0 Å². The lowest BCUT2D eigenvalue weighted by molar-refractivity contribution is -0.139. The molecule has 0 radical (unpaired) electrons. The van der Waals surface area contributed by atoms with Crippen molar-refractivity contribution >= 4 is 17.6 Å². The topological polar surface area (TPSA) is 49.3 Å². The van der Waals surface area contributed by atoms with Gasteiger partial charge in [0.05, 0.1) is 0 Å². The molecule has 4 heteroatoms. The molecule has 0 spiro atoms. The first-order valence-electron chi connectivity index (χ1n) is 6.84. The zero-order chi connectivity index (χ0) is 15.2. The Morgan fingerprint density at radius 3 is 2.33 bits per heavy atom. The van der Waals surface area contributed by atoms with Crippen LogP contribution >= 0.6 is 11.6 Å². The molecule has 2 N–H and O–H groups in total. The predicted octanol–water partition coefficient (Wildman–Crippen LogP) is 3.69. The van der Waals surface area contributed by atoms with Crippen molar-refractivity contribution < 1.29 is 9.90 Å². The summed E-state index contributed by atoms with van der Waals surface area (Å²) in [4.78, 5) is 11.5. The van der Waals surface area contributed by atoms with E-state index in [2.05, 4.69) is 5.32 Å². The molecule has 0 amide bonds. The van der Waals surface area contributed by atoms with E-state index >= 15 is 0 Å². The molecule has 0 heterocycles. The largest absolute Gasteiger partial charge is 0.480 e. The Balaban J connectivity index is 2.03. The van der Waals surface area contributed by atoms with E-state index in [0.717, 1.165) is 17.5 Å². The third-order valence-electron chi connectivity index (χ3n) is 3.29. The molecular formula is C17H18ClNO2. The second-order valence-corrected chi connectivity index (χ2v) is 5.52. The minimum Gasteiger partial charge on any atom is -0.480 e. The highest BCUT2D eigenvalue weighted by Gasteiger charge is 2.21. The van der Waals surface area contributed by atoms with E-state index < -0.39 is 12.0 Å². The van der Waals surface area contributed by atoms with Gasteiger partial charge in [-0.15, -0.1) is 0 Å². The van der Waals surface area contributed by atoms with E-state index in [1.165, 1.54) is 0 Å². The molecule has 2 aromatic carbocycles. The summed E-state index contributed by atoms with van der Waals surface area (Å²) in [6.45, 7) is 1.98. The molecule has 0 fully saturated rings. The van der Waals surface area contributed by atoms with Crippen LogP contribution in [0, 0.1) is 0 Å². The number of rotatable bonds is 6. The first-order chi connectivity index (χ1) is 10.1. The first kappa shape index (κ1) is 15.5. The van der Waals surface area contributed by atoms with Gasteiger partial charge in [0.1, 0.15) is 6.04 Å². The maximum absolute atomic E-state index is 11.5. The number of hydrogen-bond donors (Lipinski definition) is 2. The van der Waals surface area contributed by atoms with Gasteiger partial charge < -0.3 is 5.11 Å². The van der Waals surface area contributed by atoms with Crippen molar-refractivity contribution in [1.82, 2.24) is 5.32 Å². The van der Waals surface area contributed by atoms with Gasteiger partial charge in [-0.05, 0) is 36.6 Å². The van der Waals surface area contributed by atoms with Crippen LogP contribution in [0.4, 0.5) is 0 Å². The number of benzene rings is 2. The highest BCUT2D eigenvalue weighted by Crippen LogP contribution is 2.16. The van der Waals surface area contributed by atoms with Crippen LogP contribution in [-0.4, -0.2) is 17.1 Å². The molecule has 0 aromatic heterocycles. The van der Waals surface area contributed by atoms with E-state index in [-0.39, 0.29) is 6.04 Å². The fourth-order valence-electron chi connectivity index (χ4n) is 2.27. The zero-order valence-corrected chi connectivity index (χ0v) is 12.5. The molecular weight excluding hydrogens is 286 g/mol. The Labute approximate surface area is 129 Å². The van der Waals surface area contributed by atoms with Crippen molar-refractivity contribution in [2.75, 3.05) is 0 Å². The second-order valence-electron chi connectivity index (χ2n) is 5.08. The number of aliphatic carboxylic acids is 1. The van der Waals surface area contributed by atoms with Gasteiger partial charge in [-0.1, -0.05) is 54.1 Å². The van der Waals surface area contributed by atoms with E-state index in [4.69, 9.17) is 11.6 Å². The van der Waals surface area contributed by atoms with Crippen molar-refractivity contribution in [2.45, 2.75) is 25.4 Å². The lowest BCUT2D eigenvalue weighted by atomic mass is 10.0. The van der Waals surface area contributed by atoms with Crippen molar-refractivity contribution in [1.29, 1.82) is 0 Å². The van der Waals surface area contributed by atoms with Crippen LogP contribution in [-0.2, 0) is 11.2 Å². The first-order valence-corrected chi connectivity index (χ1v) is 7.22. The third-order valence-corrected chi connectivity index (χ3v) is 3.54. The minimum atomic E-state index is -0.871. The van der Waals surface area contributed by atoms with Crippen LogP contribution in [0.15, 0.2) is 54.6 Å².